The summed E-state index contributed by atoms with van der Waals surface area (Å²) in [6.45, 7) is 27.4. The van der Waals surface area contributed by atoms with Crippen LogP contribution in [0.1, 0.15) is 168 Å². The number of pyridine rings is 1. The van der Waals surface area contributed by atoms with Gasteiger partial charge in [0.25, 0.3) is 0 Å². The van der Waals surface area contributed by atoms with E-state index in [1.807, 2.05) is 51.1 Å². The van der Waals surface area contributed by atoms with Crippen molar-refractivity contribution in [3.05, 3.63) is 101 Å². The van der Waals surface area contributed by atoms with Gasteiger partial charge in [-0.25, -0.2) is 4.79 Å². The van der Waals surface area contributed by atoms with Gasteiger partial charge in [-0.3, -0.25) is 53.0 Å². The number of carbonyl (C=O) groups excluding carboxylic acids is 10. The number of aliphatic hydroxyl groups is 1. The normalized spacial score (nSPS) is 15.8. The molecule has 12 atom stereocenters. The second-order valence-corrected chi connectivity index (χ2v) is 29.6. The molecular weight excluding hydrogens is 1430 g/mol. The smallest absolute Gasteiger partial charge is 0.410 e. The first-order chi connectivity index (χ1) is 52.8. The molecule has 4 rings (SSSR count). The van der Waals surface area contributed by atoms with Crippen molar-refractivity contribution in [1.29, 1.82) is 5.41 Å². The van der Waals surface area contributed by atoms with Crippen LogP contribution in [0.5, 0.6) is 0 Å². The number of Topliss-reactive ketones (excluding diaryl/α,β-unsaturated/α-hetero) is 1. The zero-order valence-electron chi connectivity index (χ0n) is 68.3. The highest BCUT2D eigenvalue weighted by atomic mass is 16.6. The van der Waals surface area contributed by atoms with Gasteiger partial charge in [-0.2, -0.15) is 0 Å². The van der Waals surface area contributed by atoms with Gasteiger partial charge < -0.3 is 85.4 Å². The van der Waals surface area contributed by atoms with Crippen molar-refractivity contribution < 1.29 is 86.2 Å². The van der Waals surface area contributed by atoms with Crippen LogP contribution in [0.4, 0.5) is 10.5 Å². The highest BCUT2D eigenvalue weighted by Crippen LogP contribution is 2.31. The van der Waals surface area contributed by atoms with Crippen LogP contribution >= 0.6 is 0 Å². The van der Waals surface area contributed by atoms with Crippen LogP contribution < -0.4 is 31.9 Å². The van der Waals surface area contributed by atoms with E-state index in [2.05, 4.69) is 43.5 Å². The summed E-state index contributed by atoms with van der Waals surface area (Å²) in [7, 11) is 6.09. The fourth-order valence-corrected chi connectivity index (χ4v) is 13.4. The first-order valence-corrected chi connectivity index (χ1v) is 38.9. The molecule has 9 amide bonds. The van der Waals surface area contributed by atoms with Crippen LogP contribution in [0.3, 0.4) is 0 Å². The number of aromatic nitrogens is 1. The molecule has 0 radical (unpaired) electrons. The first-order valence-electron chi connectivity index (χ1n) is 38.9. The lowest BCUT2D eigenvalue weighted by Crippen LogP contribution is -2.60. The van der Waals surface area contributed by atoms with Crippen LogP contribution in [0.15, 0.2) is 73.3 Å². The van der Waals surface area contributed by atoms with Gasteiger partial charge in [0, 0.05) is 84.7 Å². The van der Waals surface area contributed by atoms with Gasteiger partial charge in [-0.15, -0.1) is 0 Å². The molecule has 1 aliphatic heterocycles. The summed E-state index contributed by atoms with van der Waals surface area (Å²) >= 11 is 0. The highest BCUT2D eigenvalue weighted by Gasteiger charge is 2.44. The second-order valence-electron chi connectivity index (χ2n) is 29.6. The second kappa shape index (κ2) is 49.7. The van der Waals surface area contributed by atoms with Gasteiger partial charge in [0.2, 0.25) is 47.3 Å². The Hall–Kier alpha value is -8.58. The molecule has 3 unspecified atom stereocenters. The number of nitrogens with zero attached hydrogens (tertiary/aromatic N) is 4. The zero-order valence-corrected chi connectivity index (χ0v) is 68.3. The fraction of sp³-hybridized carbons (Fsp3) is 0.634. The molecule has 29 nitrogen and oxygen atoms in total. The number of carbonyl (C=O) groups is 10. The highest BCUT2D eigenvalue weighted by molar-refractivity contribution is 6.38. The van der Waals surface area contributed by atoms with Gasteiger partial charge in [-0.05, 0) is 111 Å². The largest absolute Gasteiger partial charge is 0.445 e. The lowest BCUT2D eigenvalue weighted by molar-refractivity contribution is -0.148. The van der Waals surface area contributed by atoms with E-state index in [-0.39, 0.29) is 126 Å². The molecule has 8 N–H and O–H groups in total. The maximum atomic E-state index is 14.9. The molecule has 0 spiro atoms. The Bertz CT molecular complexity index is 3450. The summed E-state index contributed by atoms with van der Waals surface area (Å²) in [6, 6.07) is 13.4. The van der Waals surface area contributed by atoms with Crippen molar-refractivity contribution in [3.63, 3.8) is 0 Å². The molecule has 0 aliphatic carbocycles. The SMILES string of the molecule is C=Cc1cc(C)nc(CCC(=O)C(=N)CCOCCOCCOCCOCCC(=O)N[C@H](C(=O)N[C@@H](CCCNC(C)=O)C(=O)Nc2ccc(COC(=O)N(C)[C@H](C(=O)N[C@H](C(=O)N(C)C(C(CC(=O)N3CCC[C@H]3[C@H](OC)[C@@H](C)C(=O)N[C@H](C)C(O)c3ccccc3)OC)[C@@H](C)CC)C(C)C)C(C)C)cc2)C(C)C)c1. The van der Waals surface area contributed by atoms with E-state index in [4.69, 9.17) is 38.6 Å². The van der Waals surface area contributed by atoms with Gasteiger partial charge in [0.15, 0.2) is 5.78 Å². The molecule has 1 fully saturated rings. The average molecular weight is 1550 g/mol. The number of rotatable bonds is 52. The summed E-state index contributed by atoms with van der Waals surface area (Å²) in [6.07, 6.45) is 1.54. The van der Waals surface area contributed by atoms with Crippen molar-refractivity contribution in [2.45, 2.75) is 215 Å². The predicted octanol–water partition coefficient (Wildman–Crippen LogP) is 7.47. The third-order valence-corrected chi connectivity index (χ3v) is 19.9. The third-order valence-electron chi connectivity index (χ3n) is 19.9. The predicted molar refractivity (Wildman–Crippen MR) is 423 cm³/mol. The number of benzene rings is 2. The van der Waals surface area contributed by atoms with E-state index in [9.17, 15) is 53.1 Å². The molecule has 111 heavy (non-hydrogen) atoms. The summed E-state index contributed by atoms with van der Waals surface area (Å²) < 4.78 is 40.1. The zero-order chi connectivity index (χ0) is 82.4. The van der Waals surface area contributed by atoms with E-state index < -0.39 is 114 Å². The van der Waals surface area contributed by atoms with E-state index in [1.54, 1.807) is 115 Å². The van der Waals surface area contributed by atoms with Crippen LogP contribution in [0, 0.1) is 41.9 Å². The average Bonchev–Trinajstić information content (AvgIpc) is 1.80. The lowest BCUT2D eigenvalue weighted by atomic mass is 9.89. The minimum Gasteiger partial charge on any atom is -0.445 e. The van der Waals surface area contributed by atoms with E-state index >= 15 is 0 Å². The quantitative estimate of drug-likeness (QED) is 0.0200. The Morgan fingerprint density at radius 1 is 0.712 bits per heavy atom. The van der Waals surface area contributed by atoms with Crippen LogP contribution in [-0.4, -0.2) is 238 Å². The molecular formula is C82H127N11O18. The summed E-state index contributed by atoms with van der Waals surface area (Å²) in [5.41, 5.74) is 4.12. The molecule has 2 aromatic carbocycles. The number of hydrogen-bond donors (Lipinski definition) is 8. The molecule has 1 saturated heterocycles. The van der Waals surface area contributed by atoms with Gasteiger partial charge in [0.1, 0.15) is 30.8 Å². The van der Waals surface area contributed by atoms with Crippen LogP contribution in [0.25, 0.3) is 6.08 Å². The number of methoxy groups -OCH3 is 2. The molecule has 29 heteroatoms. The van der Waals surface area contributed by atoms with Crippen molar-refractivity contribution >= 4 is 76.6 Å². The monoisotopic (exact) mass is 1550 g/mol. The molecule has 0 bridgehead atoms. The lowest BCUT2D eigenvalue weighted by Gasteiger charge is -2.41. The van der Waals surface area contributed by atoms with E-state index in [0.29, 0.717) is 68.7 Å². The minimum atomic E-state index is -1.09. The number of aryl methyl sites for hydroxylation is 2. The minimum absolute atomic E-state index is 0.00548. The van der Waals surface area contributed by atoms with Crippen LogP contribution in [-0.2, 0) is 89.3 Å². The first kappa shape index (κ1) is 94.8. The van der Waals surface area contributed by atoms with Gasteiger partial charge in [0.05, 0.1) is 107 Å². The summed E-state index contributed by atoms with van der Waals surface area (Å²) in [4.78, 5) is 145. The van der Waals surface area contributed by atoms with E-state index in [0.717, 1.165) is 17.0 Å². The Kier molecular flexibility index (Phi) is 42.5. The fourth-order valence-electron chi connectivity index (χ4n) is 13.4. The molecule has 3 aromatic rings. The number of aliphatic hydroxyl groups excluding tert-OH is 1. The van der Waals surface area contributed by atoms with Crippen molar-refractivity contribution in [2.75, 3.05) is 99.6 Å². The maximum absolute atomic E-state index is 14.9. The van der Waals surface area contributed by atoms with E-state index in [1.165, 1.54) is 33.1 Å². The molecule has 1 aromatic heterocycles. The number of ether oxygens (including phenoxy) is 7. The van der Waals surface area contributed by atoms with Crippen molar-refractivity contribution in [2.24, 2.45) is 29.6 Å². The third kappa shape index (κ3) is 31.8. The summed E-state index contributed by atoms with van der Waals surface area (Å²) in [5, 5.41) is 36.1. The Balaban J connectivity index is 1.25. The topological polar surface area (TPSA) is 374 Å². The number of nitrogens with one attached hydrogen (secondary N) is 7. The van der Waals surface area contributed by atoms with Crippen LogP contribution in [0.2, 0.25) is 0 Å². The van der Waals surface area contributed by atoms with Crippen molar-refractivity contribution in [3.8, 4) is 0 Å². The van der Waals surface area contributed by atoms with Gasteiger partial charge in [-0.1, -0.05) is 124 Å². The number of likely N-dealkylation sites (tertiary alicyclic amines) is 1. The Labute approximate surface area is 656 Å². The summed E-state index contributed by atoms with van der Waals surface area (Å²) in [5.74, 6) is -5.82. The molecule has 618 valence electrons. The molecule has 0 saturated carbocycles. The Morgan fingerprint density at radius 2 is 1.32 bits per heavy atom. The number of hydrogen-bond acceptors (Lipinski definition) is 20. The number of amides is 9. The number of anilines is 1. The number of ketones is 1. The van der Waals surface area contributed by atoms with Crippen molar-refractivity contribution in [1.82, 2.24) is 46.3 Å². The molecule has 2 heterocycles. The molecule has 1 aliphatic rings. The maximum Gasteiger partial charge on any atom is 0.410 e. The standard InChI is InChI=1S/C82H127N11O18/c1-18-54(9)74(68(105-16)49-70(97)93-38-24-28-66(93)76(106-17)56(11)77(99)86-57(12)75(98)61-25-21-20-22-26-61)91(14)81(103)72(52(5)6)90-80(102)73(53(7)8)92(15)82(104)111-50-60-29-31-62(32-30-60)87-78(100)65(27-23-37-84-58(13)94)88-79(101)71(51(3)4)89-69(96)36-40-108-42-44-110-46-45-109-43-41-107-39-35-64(83)67(95)34-33-63-48-59(19-2)47-55(10)85-63/h19-22,25-26,29-32,47-48,51-54,56-57,65-66,68,71-76,83,98H,2,18,23-24,27-28,33-46,49-50H2,1,3-17H3,(H,84,94)(H,86,99)(H,87,100)(H,88,101)(H,89,96)(H,90,102)/t54-,56+,57+,65-,66-,68?,71-,72-,73-,74?,75?,76+/m0/s1. The van der Waals surface area contributed by atoms with Gasteiger partial charge >= 0.3 is 6.09 Å². The number of likely N-dealkylation sites (N-methyl/N-ethyl adjacent to an activating group) is 2. The Morgan fingerprint density at radius 3 is 1.89 bits per heavy atom.